The molecule has 1 atom stereocenters. The van der Waals surface area contributed by atoms with Crippen molar-refractivity contribution in [2.75, 3.05) is 17.2 Å². The minimum atomic E-state index is -4.60. The number of amides is 1. The van der Waals surface area contributed by atoms with Crippen LogP contribution in [-0.2, 0) is 20.0 Å². The molecular weight excluding hydrogens is 357 g/mol. The van der Waals surface area contributed by atoms with Crippen LogP contribution in [-0.4, -0.2) is 26.6 Å². The summed E-state index contributed by atoms with van der Waals surface area (Å²) in [7, 11) is 1.35. The number of carbonyl (C=O) groups is 1. The third-order valence-electron chi connectivity index (χ3n) is 3.38. The molecule has 2 rings (SSSR count). The van der Waals surface area contributed by atoms with Crippen LogP contribution in [0.1, 0.15) is 17.5 Å². The molecule has 1 aliphatic rings. The molecule has 124 valence electrons. The van der Waals surface area contributed by atoms with E-state index in [1.807, 2.05) is 0 Å². The number of hydrogen-bond donors (Lipinski definition) is 0. The number of rotatable bonds is 3. The van der Waals surface area contributed by atoms with E-state index in [4.69, 9.17) is 15.9 Å². The van der Waals surface area contributed by atoms with Gasteiger partial charge in [0.15, 0.2) is 0 Å². The van der Waals surface area contributed by atoms with Crippen molar-refractivity contribution in [3.8, 4) is 6.07 Å². The van der Waals surface area contributed by atoms with E-state index in [2.05, 4.69) is 0 Å². The van der Waals surface area contributed by atoms with Crippen LogP contribution in [0.3, 0.4) is 0 Å². The Kier molecular flexibility index (Phi) is 4.59. The molecule has 0 aromatic heterocycles. The lowest BCUT2D eigenvalue weighted by Crippen LogP contribution is -2.26. The van der Waals surface area contributed by atoms with Gasteiger partial charge in [-0.15, -0.1) is 0 Å². The molecule has 0 radical (unpaired) electrons. The molecule has 0 saturated carbocycles. The Morgan fingerprint density at radius 3 is 2.57 bits per heavy atom. The van der Waals surface area contributed by atoms with Crippen molar-refractivity contribution in [1.82, 2.24) is 0 Å². The van der Waals surface area contributed by atoms with E-state index in [9.17, 15) is 26.4 Å². The number of nitriles is 1. The number of anilines is 1. The highest BCUT2D eigenvalue weighted by Crippen LogP contribution is 2.34. The van der Waals surface area contributed by atoms with Crippen LogP contribution in [0.5, 0.6) is 0 Å². The number of benzene rings is 1. The van der Waals surface area contributed by atoms with Crippen LogP contribution in [0.4, 0.5) is 18.9 Å². The lowest BCUT2D eigenvalue weighted by atomic mass is 10.1. The van der Waals surface area contributed by atoms with Crippen LogP contribution in [0.25, 0.3) is 0 Å². The first-order valence-corrected chi connectivity index (χ1v) is 8.83. The molecular formula is C13H10ClF3N2O3S. The Hall–Kier alpha value is -1.79. The van der Waals surface area contributed by atoms with Crippen molar-refractivity contribution < 1.29 is 26.4 Å². The predicted octanol–water partition coefficient (Wildman–Crippen LogP) is 2.50. The second-order valence-electron chi connectivity index (χ2n) is 5.12. The molecule has 5 nitrogen and oxygen atoms in total. The van der Waals surface area contributed by atoms with Gasteiger partial charge in [-0.05, 0) is 18.2 Å². The third kappa shape index (κ3) is 4.14. The molecule has 1 fully saturated rings. The van der Waals surface area contributed by atoms with Crippen molar-refractivity contribution in [2.45, 2.75) is 12.6 Å². The van der Waals surface area contributed by atoms with Crippen LogP contribution >= 0.6 is 10.7 Å². The normalized spacial score (nSPS) is 19.0. The zero-order chi connectivity index (χ0) is 17.4. The zero-order valence-electron chi connectivity index (χ0n) is 11.5. The van der Waals surface area contributed by atoms with Crippen molar-refractivity contribution in [1.29, 1.82) is 5.26 Å². The molecule has 10 heteroatoms. The number of halogens is 4. The molecule has 1 unspecified atom stereocenters. The van der Waals surface area contributed by atoms with Gasteiger partial charge >= 0.3 is 6.18 Å². The highest BCUT2D eigenvalue weighted by molar-refractivity contribution is 8.13. The maximum atomic E-state index is 12.7. The smallest absolute Gasteiger partial charge is 0.311 e. The average molecular weight is 367 g/mol. The molecule has 0 N–H and O–H groups in total. The quantitative estimate of drug-likeness (QED) is 0.770. The summed E-state index contributed by atoms with van der Waals surface area (Å²) in [6.07, 6.45) is -4.70. The summed E-state index contributed by atoms with van der Waals surface area (Å²) >= 11 is 0. The minimum absolute atomic E-state index is 0.0230. The number of nitrogens with zero attached hydrogens (tertiary/aromatic N) is 2. The van der Waals surface area contributed by atoms with E-state index in [-0.39, 0.29) is 24.2 Å². The molecule has 0 spiro atoms. The fraction of sp³-hybridized carbons (Fsp3) is 0.385. The van der Waals surface area contributed by atoms with Gasteiger partial charge < -0.3 is 4.90 Å². The fourth-order valence-corrected chi connectivity index (χ4v) is 3.77. The molecule has 23 heavy (non-hydrogen) atoms. The van der Waals surface area contributed by atoms with E-state index >= 15 is 0 Å². The standard InChI is InChI=1S/C13H10ClF3N2O3S/c14-23(21,22)7-8-3-12(20)19(6-8)11-2-1-10(13(15,16)17)4-9(11)5-18/h1-2,4,8H,3,6-7H2. The number of alkyl halides is 3. The average Bonchev–Trinajstić information content (AvgIpc) is 2.75. The Labute approximate surface area is 134 Å². The summed E-state index contributed by atoms with van der Waals surface area (Å²) in [6, 6.07) is 4.10. The molecule has 0 aliphatic carbocycles. The maximum absolute atomic E-state index is 12.7. The molecule has 1 aromatic carbocycles. The SMILES string of the molecule is N#Cc1cc(C(F)(F)F)ccc1N1CC(CS(=O)(=O)Cl)CC1=O. The minimum Gasteiger partial charge on any atom is -0.311 e. The highest BCUT2D eigenvalue weighted by atomic mass is 35.7. The second-order valence-corrected chi connectivity index (χ2v) is 7.94. The summed E-state index contributed by atoms with van der Waals surface area (Å²) < 4.78 is 60.1. The third-order valence-corrected chi connectivity index (χ3v) is 4.62. The fourth-order valence-electron chi connectivity index (χ4n) is 2.44. The van der Waals surface area contributed by atoms with Crippen molar-refractivity contribution in [2.24, 2.45) is 5.92 Å². The van der Waals surface area contributed by atoms with E-state index in [1.165, 1.54) is 0 Å². The number of carbonyl (C=O) groups excluding carboxylic acids is 1. The van der Waals surface area contributed by atoms with Gasteiger partial charge in [0, 0.05) is 29.6 Å². The lowest BCUT2D eigenvalue weighted by Gasteiger charge is -2.19. The van der Waals surface area contributed by atoms with Gasteiger partial charge in [0.05, 0.1) is 22.6 Å². The summed E-state index contributed by atoms with van der Waals surface area (Å²) in [5, 5.41) is 9.04. The monoisotopic (exact) mass is 366 g/mol. The van der Waals surface area contributed by atoms with E-state index in [0.717, 1.165) is 17.0 Å². The van der Waals surface area contributed by atoms with Crippen LogP contribution in [0.15, 0.2) is 18.2 Å². The zero-order valence-corrected chi connectivity index (χ0v) is 13.0. The summed E-state index contributed by atoms with van der Waals surface area (Å²) in [4.78, 5) is 13.1. The topological polar surface area (TPSA) is 78.2 Å². The molecule has 1 aromatic rings. The van der Waals surface area contributed by atoms with E-state index in [0.29, 0.717) is 6.07 Å². The first-order valence-electron chi connectivity index (χ1n) is 6.35. The summed E-state index contributed by atoms with van der Waals surface area (Å²) in [5.74, 6) is -1.45. The van der Waals surface area contributed by atoms with Crippen molar-refractivity contribution >= 4 is 31.3 Å². The van der Waals surface area contributed by atoms with Crippen molar-refractivity contribution in [3.05, 3.63) is 29.3 Å². The largest absolute Gasteiger partial charge is 0.416 e. The molecule has 1 amide bonds. The highest BCUT2D eigenvalue weighted by Gasteiger charge is 2.36. The lowest BCUT2D eigenvalue weighted by molar-refractivity contribution is -0.137. The molecule has 1 saturated heterocycles. The van der Waals surface area contributed by atoms with Gasteiger partial charge in [0.1, 0.15) is 6.07 Å². The van der Waals surface area contributed by atoms with Gasteiger partial charge in [-0.3, -0.25) is 4.79 Å². The van der Waals surface area contributed by atoms with Crippen LogP contribution in [0.2, 0.25) is 0 Å². The second kappa shape index (κ2) is 6.02. The van der Waals surface area contributed by atoms with Gasteiger partial charge in [-0.25, -0.2) is 8.42 Å². The van der Waals surface area contributed by atoms with Crippen molar-refractivity contribution in [3.63, 3.8) is 0 Å². The van der Waals surface area contributed by atoms with Gasteiger partial charge in [-0.1, -0.05) is 0 Å². The molecule has 1 heterocycles. The summed E-state index contributed by atoms with van der Waals surface area (Å²) in [5.41, 5.74) is -1.27. The van der Waals surface area contributed by atoms with E-state index < -0.39 is 38.4 Å². The van der Waals surface area contributed by atoms with Gasteiger partial charge in [0.25, 0.3) is 0 Å². The first-order chi connectivity index (χ1) is 10.5. The molecule has 1 aliphatic heterocycles. The van der Waals surface area contributed by atoms with Crippen LogP contribution in [0, 0.1) is 17.2 Å². The number of hydrogen-bond acceptors (Lipinski definition) is 4. The van der Waals surface area contributed by atoms with E-state index in [1.54, 1.807) is 6.07 Å². The Balaban J connectivity index is 2.32. The predicted molar refractivity (Wildman–Crippen MR) is 76.3 cm³/mol. The maximum Gasteiger partial charge on any atom is 0.416 e. The first kappa shape index (κ1) is 17.6. The van der Waals surface area contributed by atoms with Gasteiger partial charge in [0.2, 0.25) is 15.0 Å². The van der Waals surface area contributed by atoms with Gasteiger partial charge in [-0.2, -0.15) is 18.4 Å². The summed E-state index contributed by atoms with van der Waals surface area (Å²) in [6.45, 7) is -0.0230. The molecule has 0 bridgehead atoms. The van der Waals surface area contributed by atoms with Crippen LogP contribution < -0.4 is 4.90 Å². The Morgan fingerprint density at radius 1 is 1.39 bits per heavy atom. The Bertz CT molecular complexity index is 787. The Morgan fingerprint density at radius 2 is 2.04 bits per heavy atom.